The smallest absolute Gasteiger partial charge is 0.147 e. The van der Waals surface area contributed by atoms with Crippen molar-refractivity contribution in [2.75, 3.05) is 0 Å². The van der Waals surface area contributed by atoms with Gasteiger partial charge >= 0.3 is 0 Å². The first kappa shape index (κ1) is 53.0. The van der Waals surface area contributed by atoms with E-state index in [1.165, 1.54) is 43.8 Å². The van der Waals surface area contributed by atoms with E-state index in [1.54, 1.807) is 0 Å². The van der Waals surface area contributed by atoms with Crippen molar-refractivity contribution in [1.82, 2.24) is 9.13 Å². The molecule has 0 aliphatic carbocycles. The summed E-state index contributed by atoms with van der Waals surface area (Å²) in [5.41, 5.74) is 15.7. The van der Waals surface area contributed by atoms with Crippen molar-refractivity contribution in [3.8, 4) is 56.6 Å². The number of para-hydroxylation sites is 2. The minimum atomic E-state index is -0.261. The van der Waals surface area contributed by atoms with Crippen LogP contribution in [0.1, 0.15) is 137 Å². The summed E-state index contributed by atoms with van der Waals surface area (Å²) in [7, 11) is 0. The third-order valence-electron chi connectivity index (χ3n) is 15.6. The number of ether oxygens (including phenoxy) is 2. The number of hydrogen-bond donors (Lipinski definition) is 2. The number of fused-ring (bicyclic) bond motifs is 6. The number of aromatic hydroxyl groups is 2. The van der Waals surface area contributed by atoms with Gasteiger partial charge < -0.3 is 28.8 Å². The average molecular weight is 1020 g/mol. The normalized spacial score (nSPS) is 13.5. The van der Waals surface area contributed by atoms with Crippen LogP contribution in [-0.2, 0) is 21.7 Å². The molecule has 6 nitrogen and oxygen atoms in total. The van der Waals surface area contributed by atoms with Crippen molar-refractivity contribution in [1.29, 1.82) is 0 Å². The second-order valence-corrected chi connectivity index (χ2v) is 26.0. The lowest BCUT2D eigenvalue weighted by Crippen LogP contribution is -2.23. The fourth-order valence-electron chi connectivity index (χ4n) is 11.3. The van der Waals surface area contributed by atoms with E-state index in [0.717, 1.165) is 55.7 Å². The van der Waals surface area contributed by atoms with Crippen LogP contribution in [0.4, 0.5) is 0 Å². The van der Waals surface area contributed by atoms with Gasteiger partial charge in [0.1, 0.15) is 23.0 Å². The molecule has 0 saturated heterocycles. The van der Waals surface area contributed by atoms with Gasteiger partial charge in [-0.3, -0.25) is 0 Å². The first-order chi connectivity index (χ1) is 36.2. The molecule has 0 radical (unpaired) electrons. The molecule has 0 fully saturated rings. The predicted octanol–water partition coefficient (Wildman–Crippen LogP) is 19.1. The van der Waals surface area contributed by atoms with E-state index in [9.17, 15) is 10.2 Å². The molecule has 0 saturated carbocycles. The van der Waals surface area contributed by atoms with E-state index >= 15 is 0 Å². The molecule has 396 valence electrons. The second kappa shape index (κ2) is 19.2. The highest BCUT2D eigenvalue weighted by Gasteiger charge is 2.27. The summed E-state index contributed by atoms with van der Waals surface area (Å²) in [5, 5.41) is 29.8. The summed E-state index contributed by atoms with van der Waals surface area (Å²) < 4.78 is 18.2. The molecule has 10 aromatic rings. The molecule has 2 N–H and O–H groups in total. The van der Waals surface area contributed by atoms with Crippen molar-refractivity contribution in [3.05, 3.63) is 179 Å². The van der Waals surface area contributed by atoms with Gasteiger partial charge in [0, 0.05) is 50.2 Å². The lowest BCUT2D eigenvalue weighted by Gasteiger charge is -2.24. The molecule has 2 atom stereocenters. The zero-order chi connectivity index (χ0) is 55.3. The Bertz CT molecular complexity index is 3520. The van der Waals surface area contributed by atoms with E-state index in [2.05, 4.69) is 217 Å². The third-order valence-corrected chi connectivity index (χ3v) is 15.6. The highest BCUT2D eigenvalue weighted by atomic mass is 16.5. The fourth-order valence-corrected chi connectivity index (χ4v) is 11.3. The van der Waals surface area contributed by atoms with E-state index in [-0.39, 0.29) is 45.4 Å². The third kappa shape index (κ3) is 9.97. The molecular weight excluding hydrogens is 945 g/mol. The monoisotopic (exact) mass is 1020 g/mol. The van der Waals surface area contributed by atoms with Crippen molar-refractivity contribution in [2.45, 2.75) is 151 Å². The Labute approximate surface area is 456 Å². The average Bonchev–Trinajstić information content (AvgIpc) is 3.91. The first-order valence-corrected chi connectivity index (χ1v) is 27.6. The molecule has 0 aliphatic heterocycles. The van der Waals surface area contributed by atoms with Crippen LogP contribution in [0.25, 0.3) is 77.2 Å². The van der Waals surface area contributed by atoms with Gasteiger partial charge in [0.15, 0.2) is 0 Å². The number of phenols is 2. The second-order valence-electron chi connectivity index (χ2n) is 26.0. The summed E-state index contributed by atoms with van der Waals surface area (Å²) >= 11 is 0. The Hall–Kier alpha value is -7.44. The molecule has 0 aliphatic rings. The molecule has 0 bridgehead atoms. The highest BCUT2D eigenvalue weighted by Crippen LogP contribution is 2.47. The number of phenolic OH excluding ortho intramolecular Hbond substituents is 2. The minimum absolute atomic E-state index is 0.0286. The van der Waals surface area contributed by atoms with Crippen LogP contribution in [0.2, 0.25) is 0 Å². The van der Waals surface area contributed by atoms with Crippen LogP contribution in [0.15, 0.2) is 146 Å². The Morgan fingerprint density at radius 2 is 0.662 bits per heavy atom. The Morgan fingerprint density at radius 1 is 0.377 bits per heavy atom. The van der Waals surface area contributed by atoms with Gasteiger partial charge in [0.25, 0.3) is 0 Å². The predicted molar refractivity (Wildman–Crippen MR) is 325 cm³/mol. The number of aryl methyl sites for hydroxylation is 2. The van der Waals surface area contributed by atoms with Gasteiger partial charge in [-0.15, -0.1) is 0 Å². The summed E-state index contributed by atoms with van der Waals surface area (Å²) in [6.07, 6.45) is 0.0488. The molecule has 2 aromatic heterocycles. The summed E-state index contributed by atoms with van der Waals surface area (Å²) in [5.74, 6) is 1.74. The molecule has 2 heterocycles. The molecule has 0 amide bonds. The Morgan fingerprint density at radius 3 is 0.948 bits per heavy atom. The SMILES string of the molecule is Cc1cc(-c2ccccc2O[C@@H](C)C[C@H](C)Oc2ccccc2-c2cc(C)cc(-n3c4ccc(C(C)(C)C)cc4c4cc(C(C)(C)C)ccc43)c2O)c(O)c(-n2c3ccc(C(C)(C)C)cc3c3cc(C(C)(C)C)ccc32)c1. The standard InChI is InChI=1S/C71H78N2O4/c1-42-33-56(66(74)62(35-42)72-58-29-25-46(68(5,6)7)38-52(58)53-39-47(69(8,9)10)26-30-59(53)72)50-21-17-19-23-64(50)76-44(3)37-45(4)77-65-24-20-18-22-51(65)57-34-43(2)36-63(67(57)75)73-60-31-27-48(70(11,12)13)40-54(60)55-41-49(71(14,15)16)28-32-61(55)73/h17-36,38-41,44-45,74-75H,37H2,1-16H3/t44-,45-/m0/s1. The maximum Gasteiger partial charge on any atom is 0.147 e. The number of rotatable bonds is 10. The lowest BCUT2D eigenvalue weighted by atomic mass is 9.85. The zero-order valence-corrected chi connectivity index (χ0v) is 48.3. The molecule has 6 heteroatoms. The van der Waals surface area contributed by atoms with Crippen molar-refractivity contribution in [3.63, 3.8) is 0 Å². The Balaban J connectivity index is 0.958. The number of aromatic nitrogens is 2. The van der Waals surface area contributed by atoms with Crippen LogP contribution in [0, 0.1) is 13.8 Å². The van der Waals surface area contributed by atoms with Crippen molar-refractivity contribution < 1.29 is 19.7 Å². The number of benzene rings is 8. The molecule has 10 rings (SSSR count). The van der Waals surface area contributed by atoms with E-state index in [1.807, 2.05) is 48.5 Å². The topological polar surface area (TPSA) is 68.8 Å². The maximum absolute atomic E-state index is 12.6. The molecule has 77 heavy (non-hydrogen) atoms. The van der Waals surface area contributed by atoms with E-state index in [0.29, 0.717) is 29.0 Å². The summed E-state index contributed by atoms with van der Waals surface area (Å²) in [6.45, 7) is 35.4. The van der Waals surface area contributed by atoms with Crippen LogP contribution in [0.5, 0.6) is 23.0 Å². The number of nitrogens with zero attached hydrogens (tertiary/aromatic N) is 2. The van der Waals surface area contributed by atoms with E-state index < -0.39 is 0 Å². The van der Waals surface area contributed by atoms with Gasteiger partial charge in [0.05, 0.1) is 45.6 Å². The first-order valence-electron chi connectivity index (χ1n) is 27.6. The quantitative estimate of drug-likeness (QED) is 0.143. The maximum atomic E-state index is 12.6. The minimum Gasteiger partial charge on any atom is -0.505 e. The largest absolute Gasteiger partial charge is 0.505 e. The summed E-state index contributed by atoms with van der Waals surface area (Å²) in [6, 6.07) is 51.4. The van der Waals surface area contributed by atoms with Crippen molar-refractivity contribution >= 4 is 43.6 Å². The van der Waals surface area contributed by atoms with Gasteiger partial charge in [-0.1, -0.05) is 144 Å². The van der Waals surface area contributed by atoms with Crippen LogP contribution >= 0.6 is 0 Å². The molecular formula is C71H78N2O4. The number of hydrogen-bond acceptors (Lipinski definition) is 4. The molecule has 0 spiro atoms. The zero-order valence-electron chi connectivity index (χ0n) is 48.3. The van der Waals surface area contributed by atoms with Gasteiger partial charge in [-0.25, -0.2) is 0 Å². The van der Waals surface area contributed by atoms with Gasteiger partial charge in [0.2, 0.25) is 0 Å². The van der Waals surface area contributed by atoms with Crippen LogP contribution in [-0.4, -0.2) is 31.6 Å². The lowest BCUT2D eigenvalue weighted by molar-refractivity contribution is 0.131. The fraction of sp³-hybridized carbons (Fsp3) is 0.324. The van der Waals surface area contributed by atoms with Crippen LogP contribution < -0.4 is 9.47 Å². The van der Waals surface area contributed by atoms with E-state index in [4.69, 9.17) is 9.47 Å². The molecule has 8 aromatic carbocycles. The Kier molecular flexibility index (Phi) is 13.2. The highest BCUT2D eigenvalue weighted by molar-refractivity contribution is 6.11. The van der Waals surface area contributed by atoms with Gasteiger partial charge in [-0.05, 0) is 168 Å². The van der Waals surface area contributed by atoms with Gasteiger partial charge in [-0.2, -0.15) is 0 Å². The molecule has 0 unspecified atom stereocenters. The summed E-state index contributed by atoms with van der Waals surface area (Å²) in [4.78, 5) is 0. The van der Waals surface area contributed by atoms with Crippen LogP contribution in [0.3, 0.4) is 0 Å². The van der Waals surface area contributed by atoms with Crippen molar-refractivity contribution in [2.24, 2.45) is 0 Å².